The van der Waals surface area contributed by atoms with Gasteiger partial charge in [-0.2, -0.15) is 5.10 Å². The van der Waals surface area contributed by atoms with Crippen LogP contribution in [0, 0.1) is 0 Å². The molecule has 0 atom stereocenters. The Hall–Kier alpha value is -2.70. The molecule has 2 aromatic rings. The summed E-state index contributed by atoms with van der Waals surface area (Å²) >= 11 is 0. The predicted octanol–water partition coefficient (Wildman–Crippen LogP) is 0.703. The quantitative estimate of drug-likeness (QED) is 0.818. The summed E-state index contributed by atoms with van der Waals surface area (Å²) in [4.78, 5) is 26.8. The lowest BCUT2D eigenvalue weighted by Gasteiger charge is -2.01. The lowest BCUT2D eigenvalue weighted by atomic mass is 10.3. The molecule has 0 aliphatic rings. The molecular weight excluding hydrogens is 248 g/mol. The Kier molecular flexibility index (Phi) is 3.87. The van der Waals surface area contributed by atoms with E-state index in [0.717, 1.165) is 0 Å². The van der Waals surface area contributed by atoms with Gasteiger partial charge < -0.3 is 10.1 Å². The molecule has 0 bridgehead atoms. The average molecular weight is 260 g/mol. The number of esters is 1. The molecule has 0 saturated carbocycles. The smallest absolute Gasteiger partial charge is 0.327 e. The summed E-state index contributed by atoms with van der Waals surface area (Å²) in [6.07, 6.45) is 4.52. The van der Waals surface area contributed by atoms with Gasteiger partial charge in [-0.1, -0.05) is 6.07 Å². The fraction of sp³-hybridized carbons (Fsp3) is 0.167. The van der Waals surface area contributed by atoms with Gasteiger partial charge in [0.1, 0.15) is 12.2 Å². The van der Waals surface area contributed by atoms with Gasteiger partial charge in [0.05, 0.1) is 19.0 Å². The van der Waals surface area contributed by atoms with E-state index in [9.17, 15) is 9.59 Å². The first-order valence-corrected chi connectivity index (χ1v) is 5.50. The highest BCUT2D eigenvalue weighted by Gasteiger charge is 2.09. The van der Waals surface area contributed by atoms with Gasteiger partial charge >= 0.3 is 5.97 Å². The standard InChI is InChI=1S/C12H12N4O3/c1-19-11(17)8-16-7-9(6-14-16)15-12(18)10-4-2-3-5-13-10/h2-7H,8H2,1H3,(H,15,18). The number of carbonyl (C=O) groups is 2. The molecule has 0 saturated heterocycles. The maximum absolute atomic E-state index is 11.8. The number of hydrogen-bond acceptors (Lipinski definition) is 5. The molecule has 19 heavy (non-hydrogen) atoms. The van der Waals surface area contributed by atoms with Crippen LogP contribution >= 0.6 is 0 Å². The Morgan fingerprint density at radius 2 is 2.26 bits per heavy atom. The molecule has 2 rings (SSSR count). The highest BCUT2D eigenvalue weighted by Crippen LogP contribution is 2.07. The van der Waals surface area contributed by atoms with Crippen LogP contribution in [0.4, 0.5) is 5.69 Å². The van der Waals surface area contributed by atoms with Crippen molar-refractivity contribution in [2.45, 2.75) is 6.54 Å². The van der Waals surface area contributed by atoms with Gasteiger partial charge in [0.2, 0.25) is 0 Å². The van der Waals surface area contributed by atoms with Gasteiger partial charge in [-0.15, -0.1) is 0 Å². The van der Waals surface area contributed by atoms with E-state index in [1.54, 1.807) is 18.2 Å². The molecule has 0 spiro atoms. The molecule has 2 aromatic heterocycles. The largest absolute Gasteiger partial charge is 0.468 e. The second-order valence-electron chi connectivity index (χ2n) is 3.67. The Labute approximate surface area is 109 Å². The molecule has 0 aliphatic heterocycles. The molecule has 0 unspecified atom stereocenters. The van der Waals surface area contributed by atoms with Crippen LogP contribution in [-0.2, 0) is 16.1 Å². The van der Waals surface area contributed by atoms with E-state index >= 15 is 0 Å². The van der Waals surface area contributed by atoms with Crippen LogP contribution in [-0.4, -0.2) is 33.8 Å². The van der Waals surface area contributed by atoms with Crippen molar-refractivity contribution in [2.24, 2.45) is 0 Å². The van der Waals surface area contributed by atoms with Crippen molar-refractivity contribution in [2.75, 3.05) is 12.4 Å². The molecule has 0 radical (unpaired) electrons. The lowest BCUT2D eigenvalue weighted by Crippen LogP contribution is -2.13. The molecule has 1 N–H and O–H groups in total. The number of pyridine rings is 1. The van der Waals surface area contributed by atoms with Crippen molar-refractivity contribution in [3.8, 4) is 0 Å². The van der Waals surface area contributed by atoms with Crippen molar-refractivity contribution in [3.63, 3.8) is 0 Å². The number of amides is 1. The summed E-state index contributed by atoms with van der Waals surface area (Å²) in [5, 5.41) is 6.56. The maximum Gasteiger partial charge on any atom is 0.327 e. The Morgan fingerprint density at radius 3 is 2.95 bits per heavy atom. The monoisotopic (exact) mass is 260 g/mol. The number of nitrogens with one attached hydrogen (secondary N) is 1. The van der Waals surface area contributed by atoms with E-state index in [4.69, 9.17) is 0 Å². The zero-order valence-corrected chi connectivity index (χ0v) is 10.2. The number of carbonyl (C=O) groups excluding carboxylic acids is 2. The zero-order valence-electron chi connectivity index (χ0n) is 10.2. The summed E-state index contributed by atoms with van der Waals surface area (Å²) in [6.45, 7) is -0.00401. The number of ether oxygens (including phenoxy) is 1. The third-order valence-corrected chi connectivity index (χ3v) is 2.31. The number of methoxy groups -OCH3 is 1. The van der Waals surface area contributed by atoms with E-state index in [1.807, 2.05) is 0 Å². The summed E-state index contributed by atoms with van der Waals surface area (Å²) in [7, 11) is 1.30. The molecular formula is C12H12N4O3. The minimum atomic E-state index is -0.411. The number of rotatable bonds is 4. The van der Waals surface area contributed by atoms with E-state index in [0.29, 0.717) is 11.4 Å². The molecule has 7 heteroatoms. The van der Waals surface area contributed by atoms with Crippen LogP contribution in [0.15, 0.2) is 36.8 Å². The van der Waals surface area contributed by atoms with E-state index in [-0.39, 0.29) is 12.5 Å². The molecule has 0 aromatic carbocycles. The van der Waals surface area contributed by atoms with Gasteiger partial charge in [-0.3, -0.25) is 19.3 Å². The second kappa shape index (κ2) is 5.76. The van der Waals surface area contributed by atoms with Crippen molar-refractivity contribution < 1.29 is 14.3 Å². The summed E-state index contributed by atoms with van der Waals surface area (Å²) in [5.41, 5.74) is 0.794. The average Bonchev–Trinajstić information content (AvgIpc) is 2.86. The van der Waals surface area contributed by atoms with Crippen LogP contribution < -0.4 is 5.32 Å². The fourth-order valence-electron chi connectivity index (χ4n) is 1.40. The van der Waals surface area contributed by atoms with Gasteiger partial charge in [0.25, 0.3) is 5.91 Å². The third kappa shape index (κ3) is 3.38. The highest BCUT2D eigenvalue weighted by molar-refractivity contribution is 6.02. The van der Waals surface area contributed by atoms with E-state index in [2.05, 4.69) is 20.1 Å². The molecule has 0 aliphatic carbocycles. The number of nitrogens with zero attached hydrogens (tertiary/aromatic N) is 3. The predicted molar refractivity (Wildman–Crippen MR) is 66.4 cm³/mol. The first kappa shape index (κ1) is 12.7. The minimum absolute atomic E-state index is 0.00401. The fourth-order valence-corrected chi connectivity index (χ4v) is 1.40. The molecule has 98 valence electrons. The molecule has 0 fully saturated rings. The Bertz CT molecular complexity index is 580. The van der Waals surface area contributed by atoms with Crippen molar-refractivity contribution in [1.29, 1.82) is 0 Å². The summed E-state index contributed by atoms with van der Waals surface area (Å²) < 4.78 is 5.89. The van der Waals surface area contributed by atoms with Gasteiger partial charge in [-0.25, -0.2) is 0 Å². The van der Waals surface area contributed by atoms with Gasteiger partial charge in [0, 0.05) is 12.4 Å². The normalized spacial score (nSPS) is 9.95. The van der Waals surface area contributed by atoms with Gasteiger partial charge in [-0.05, 0) is 12.1 Å². The summed E-state index contributed by atoms with van der Waals surface area (Å²) in [6, 6.07) is 5.06. The first-order chi connectivity index (χ1) is 9.19. The van der Waals surface area contributed by atoms with Crippen molar-refractivity contribution in [1.82, 2.24) is 14.8 Å². The third-order valence-electron chi connectivity index (χ3n) is 2.31. The maximum atomic E-state index is 11.8. The van der Waals surface area contributed by atoms with E-state index < -0.39 is 5.97 Å². The minimum Gasteiger partial charge on any atom is -0.468 e. The number of hydrogen-bond donors (Lipinski definition) is 1. The van der Waals surface area contributed by atoms with Crippen molar-refractivity contribution in [3.05, 3.63) is 42.5 Å². The van der Waals surface area contributed by atoms with Crippen LogP contribution in [0.3, 0.4) is 0 Å². The van der Waals surface area contributed by atoms with Crippen LogP contribution in [0.5, 0.6) is 0 Å². The van der Waals surface area contributed by atoms with Crippen LogP contribution in [0.1, 0.15) is 10.5 Å². The Morgan fingerprint density at radius 1 is 1.42 bits per heavy atom. The number of anilines is 1. The second-order valence-corrected chi connectivity index (χ2v) is 3.67. The molecule has 2 heterocycles. The van der Waals surface area contributed by atoms with Crippen LogP contribution in [0.2, 0.25) is 0 Å². The summed E-state index contributed by atoms with van der Waals surface area (Å²) in [5.74, 6) is -0.746. The Balaban J connectivity index is 2.00. The zero-order chi connectivity index (χ0) is 13.7. The molecule has 7 nitrogen and oxygen atoms in total. The lowest BCUT2D eigenvalue weighted by molar-refractivity contribution is -0.141. The molecule has 1 amide bonds. The van der Waals surface area contributed by atoms with E-state index in [1.165, 1.54) is 30.4 Å². The van der Waals surface area contributed by atoms with Crippen molar-refractivity contribution >= 4 is 17.6 Å². The van der Waals surface area contributed by atoms with Gasteiger partial charge in [0.15, 0.2) is 0 Å². The topological polar surface area (TPSA) is 86.1 Å². The first-order valence-electron chi connectivity index (χ1n) is 5.50. The highest BCUT2D eigenvalue weighted by atomic mass is 16.5. The number of aromatic nitrogens is 3. The SMILES string of the molecule is COC(=O)Cn1cc(NC(=O)c2ccccn2)cn1. The van der Waals surface area contributed by atoms with Crippen LogP contribution in [0.25, 0.3) is 0 Å².